The fourth-order valence-corrected chi connectivity index (χ4v) is 6.13. The molecule has 5 aromatic rings. The van der Waals surface area contributed by atoms with Crippen LogP contribution in [-0.4, -0.2) is 56.3 Å². The lowest BCUT2D eigenvalue weighted by molar-refractivity contribution is -0.286. The normalized spacial score (nSPS) is 15.6. The molecule has 1 aliphatic carbocycles. The number of alkyl halides is 2. The summed E-state index contributed by atoms with van der Waals surface area (Å²) in [6.45, 7) is 3.58. The molecule has 1 fully saturated rings. The minimum atomic E-state index is -3.84. The van der Waals surface area contributed by atoms with Crippen LogP contribution in [0.4, 0.5) is 20.3 Å². The number of aryl methyl sites for hydroxylation is 1. The fraction of sp³-hybridized carbons (Fsp3) is 0.278. The zero-order valence-corrected chi connectivity index (χ0v) is 27.6. The van der Waals surface area contributed by atoms with Gasteiger partial charge in [-0.25, -0.2) is 9.97 Å². The third-order valence-corrected chi connectivity index (χ3v) is 8.60. The summed E-state index contributed by atoms with van der Waals surface area (Å²) in [6.07, 6.45) is 3.55. The number of ether oxygens (including phenoxy) is 3. The quantitative estimate of drug-likeness (QED) is 0.139. The second-order valence-electron chi connectivity index (χ2n) is 12.5. The molecule has 0 radical (unpaired) electrons. The lowest BCUT2D eigenvalue weighted by atomic mass is 9.90. The first-order valence-electron chi connectivity index (χ1n) is 16.2. The van der Waals surface area contributed by atoms with Gasteiger partial charge in [-0.05, 0) is 80.6 Å². The van der Waals surface area contributed by atoms with E-state index in [-0.39, 0.29) is 54.1 Å². The summed E-state index contributed by atoms with van der Waals surface area (Å²) in [5, 5.41) is 19.1. The van der Waals surface area contributed by atoms with Crippen LogP contribution < -0.4 is 30.6 Å². The summed E-state index contributed by atoms with van der Waals surface area (Å²) in [5.41, 5.74) is 7.21. The summed E-state index contributed by atoms with van der Waals surface area (Å²) >= 11 is 0. The highest BCUT2D eigenvalue weighted by Crippen LogP contribution is 2.48. The van der Waals surface area contributed by atoms with Crippen molar-refractivity contribution in [1.82, 2.24) is 25.3 Å². The van der Waals surface area contributed by atoms with Crippen molar-refractivity contribution in [2.45, 2.75) is 45.0 Å². The van der Waals surface area contributed by atoms with Gasteiger partial charge in [0.25, 0.3) is 5.91 Å². The molecule has 15 heteroatoms. The van der Waals surface area contributed by atoms with Crippen LogP contribution in [0.15, 0.2) is 67.3 Å². The predicted octanol–water partition coefficient (Wildman–Crippen LogP) is 4.91. The number of pyridine rings is 2. The Morgan fingerprint density at radius 2 is 1.88 bits per heavy atom. The van der Waals surface area contributed by atoms with Crippen molar-refractivity contribution in [1.29, 1.82) is 0 Å². The number of carbonyl (C=O) groups is 2. The monoisotopic (exact) mass is 697 g/mol. The topological polar surface area (TPSA) is 184 Å². The molecule has 13 nitrogen and oxygen atoms in total. The summed E-state index contributed by atoms with van der Waals surface area (Å²) in [6, 6.07) is 10.9. The van der Waals surface area contributed by atoms with Crippen molar-refractivity contribution in [2.24, 2.45) is 11.7 Å². The number of benzene rings is 2. The fourth-order valence-electron chi connectivity index (χ4n) is 6.13. The van der Waals surface area contributed by atoms with E-state index in [9.17, 15) is 23.5 Å². The number of fused-ring (bicyclic) bond motifs is 2. The Hall–Kier alpha value is -5.96. The van der Waals surface area contributed by atoms with Crippen LogP contribution in [0.1, 0.15) is 46.9 Å². The van der Waals surface area contributed by atoms with E-state index < -0.39 is 23.7 Å². The number of primary amides is 1. The van der Waals surface area contributed by atoms with E-state index in [1.165, 1.54) is 30.5 Å². The van der Waals surface area contributed by atoms with Gasteiger partial charge >= 0.3 is 6.29 Å². The van der Waals surface area contributed by atoms with Crippen LogP contribution in [-0.2, 0) is 16.8 Å². The van der Waals surface area contributed by atoms with Gasteiger partial charge in [-0.1, -0.05) is 0 Å². The van der Waals surface area contributed by atoms with Crippen molar-refractivity contribution in [3.63, 3.8) is 0 Å². The molecule has 51 heavy (non-hydrogen) atoms. The number of aliphatic hydroxyl groups is 1. The maximum absolute atomic E-state index is 13.9. The van der Waals surface area contributed by atoms with Gasteiger partial charge in [0.1, 0.15) is 22.9 Å². The standard InChI is InChI=1S/C36H33F2N7O6/c1-3-49-33-22(15-29(39)46)14-28(45-32(33)20-4-7-26-27(13-20)51-36(37,38)50-26)35(48,24-5-6-24)18-43-34(47)23-11-21-10-19(2)16-42-31(21)25(12-23)44-30-17-40-8-9-41-30/h4,7-14,16-17,24,48H,3,5-6,15,18H2,1-2H3,(H2,39,46)(H,41,44)(H,43,47)/t35-/m1/s1. The van der Waals surface area contributed by atoms with Crippen molar-refractivity contribution in [3.8, 4) is 28.5 Å². The van der Waals surface area contributed by atoms with E-state index >= 15 is 0 Å². The number of rotatable bonds is 12. The maximum atomic E-state index is 13.9. The predicted molar refractivity (Wildman–Crippen MR) is 181 cm³/mol. The maximum Gasteiger partial charge on any atom is 0.586 e. The van der Waals surface area contributed by atoms with Crippen molar-refractivity contribution >= 4 is 34.2 Å². The van der Waals surface area contributed by atoms with Crippen molar-refractivity contribution in [3.05, 3.63) is 89.6 Å². The van der Waals surface area contributed by atoms with Crippen LogP contribution in [0.2, 0.25) is 0 Å². The largest absolute Gasteiger partial charge is 0.586 e. The first kappa shape index (κ1) is 33.5. The Morgan fingerprint density at radius 1 is 1.08 bits per heavy atom. The van der Waals surface area contributed by atoms with Crippen molar-refractivity contribution in [2.75, 3.05) is 18.5 Å². The lowest BCUT2D eigenvalue weighted by Crippen LogP contribution is -2.43. The highest BCUT2D eigenvalue weighted by Gasteiger charge is 2.47. The van der Waals surface area contributed by atoms with Gasteiger partial charge in [-0.15, -0.1) is 8.78 Å². The first-order valence-corrected chi connectivity index (χ1v) is 16.2. The van der Waals surface area contributed by atoms with E-state index in [0.29, 0.717) is 51.9 Å². The molecule has 2 aliphatic rings. The highest BCUT2D eigenvalue weighted by molar-refractivity contribution is 6.03. The molecule has 0 saturated heterocycles. The van der Waals surface area contributed by atoms with Crippen LogP contribution in [0, 0.1) is 12.8 Å². The average Bonchev–Trinajstić information content (AvgIpc) is 3.90. The van der Waals surface area contributed by atoms with Gasteiger partial charge in [0.2, 0.25) is 5.91 Å². The summed E-state index contributed by atoms with van der Waals surface area (Å²) in [7, 11) is 0. The van der Waals surface area contributed by atoms with Gasteiger partial charge in [0.15, 0.2) is 11.5 Å². The molecule has 7 rings (SSSR count). The molecular formula is C36H33F2N7O6. The molecule has 1 atom stereocenters. The number of hydrogen-bond acceptors (Lipinski definition) is 11. The van der Waals surface area contributed by atoms with E-state index in [2.05, 4.69) is 35.1 Å². The van der Waals surface area contributed by atoms with Crippen LogP contribution >= 0.6 is 0 Å². The minimum absolute atomic E-state index is 0.145. The number of aromatic nitrogens is 4. The zero-order chi connectivity index (χ0) is 35.9. The van der Waals surface area contributed by atoms with Crippen LogP contribution in [0.5, 0.6) is 17.2 Å². The molecule has 262 valence electrons. The van der Waals surface area contributed by atoms with Gasteiger partial charge in [0.05, 0.1) is 42.7 Å². The Labute approximate surface area is 290 Å². The molecule has 0 spiro atoms. The number of halogens is 2. The summed E-state index contributed by atoms with van der Waals surface area (Å²) < 4.78 is 42.9. The number of nitrogens with two attached hydrogens (primary N) is 1. The second-order valence-corrected chi connectivity index (χ2v) is 12.5. The molecule has 2 amide bonds. The second kappa shape index (κ2) is 13.1. The molecule has 0 bridgehead atoms. The van der Waals surface area contributed by atoms with Gasteiger partial charge in [-0.3, -0.25) is 19.6 Å². The third-order valence-electron chi connectivity index (χ3n) is 8.60. The summed E-state index contributed by atoms with van der Waals surface area (Å²) in [5.74, 6) is -1.16. The van der Waals surface area contributed by atoms with E-state index in [4.69, 9.17) is 15.5 Å². The van der Waals surface area contributed by atoms with E-state index in [0.717, 1.165) is 5.56 Å². The number of nitrogens with one attached hydrogen (secondary N) is 2. The molecule has 5 N–H and O–H groups in total. The van der Waals surface area contributed by atoms with Crippen molar-refractivity contribution < 1.29 is 37.7 Å². The Kier molecular flexibility index (Phi) is 8.59. The molecule has 2 aromatic carbocycles. The molecular weight excluding hydrogens is 664 g/mol. The smallest absolute Gasteiger partial charge is 0.491 e. The highest BCUT2D eigenvalue weighted by atomic mass is 19.3. The summed E-state index contributed by atoms with van der Waals surface area (Å²) in [4.78, 5) is 43.7. The number of anilines is 2. The number of hydrogen-bond donors (Lipinski definition) is 4. The number of nitrogens with zero attached hydrogens (tertiary/aromatic N) is 4. The average molecular weight is 698 g/mol. The van der Waals surface area contributed by atoms with Crippen LogP contribution in [0.25, 0.3) is 22.2 Å². The molecule has 1 saturated carbocycles. The van der Waals surface area contributed by atoms with Gasteiger partial charge < -0.3 is 35.7 Å². The lowest BCUT2D eigenvalue weighted by Gasteiger charge is -2.30. The van der Waals surface area contributed by atoms with E-state index in [1.807, 2.05) is 13.0 Å². The van der Waals surface area contributed by atoms with Gasteiger partial charge in [-0.2, -0.15) is 0 Å². The molecule has 0 unspecified atom stereocenters. The Balaban J connectivity index is 1.25. The zero-order valence-electron chi connectivity index (χ0n) is 27.6. The molecule has 4 heterocycles. The number of amides is 2. The first-order chi connectivity index (χ1) is 24.4. The molecule has 1 aliphatic heterocycles. The van der Waals surface area contributed by atoms with Crippen LogP contribution in [0.3, 0.4) is 0 Å². The Morgan fingerprint density at radius 3 is 2.61 bits per heavy atom. The van der Waals surface area contributed by atoms with E-state index in [1.54, 1.807) is 37.6 Å². The number of carbonyl (C=O) groups excluding carboxylic acids is 2. The van der Waals surface area contributed by atoms with Gasteiger partial charge in [0, 0.05) is 40.7 Å². The minimum Gasteiger partial charge on any atom is -0.491 e. The molecule has 3 aromatic heterocycles. The SMILES string of the molecule is CCOc1c(CC(N)=O)cc([C@@](O)(CNC(=O)c2cc(Nc3cnccn3)c3ncc(C)cc3c2)C2CC2)nc1-c1ccc2c(c1)OC(F)(F)O2. The third kappa shape index (κ3) is 6.92. The Bertz CT molecular complexity index is 2170.